The van der Waals surface area contributed by atoms with Gasteiger partial charge in [0.1, 0.15) is 6.61 Å². The van der Waals surface area contributed by atoms with E-state index < -0.39 is 0 Å². The molecule has 0 saturated carbocycles. The highest BCUT2D eigenvalue weighted by atomic mass is 35.5. The Kier molecular flexibility index (Phi) is 7.30. The summed E-state index contributed by atoms with van der Waals surface area (Å²) in [5.74, 6) is 0.363. The average molecular weight is 471 g/mol. The third kappa shape index (κ3) is 5.23. The van der Waals surface area contributed by atoms with Crippen LogP contribution in [0.3, 0.4) is 0 Å². The number of carbonyl (C=O) groups excluding carboxylic acids is 1. The van der Waals surface area contributed by atoms with Crippen LogP contribution in [0.4, 0.5) is 0 Å². The third-order valence-electron chi connectivity index (χ3n) is 5.38. The lowest BCUT2D eigenvalue weighted by Crippen LogP contribution is -2.36. The molecular weight excluding hydrogens is 447 g/mol. The summed E-state index contributed by atoms with van der Waals surface area (Å²) in [6.07, 6.45) is 0.759. The Balaban J connectivity index is 1.43. The first-order valence-electron chi connectivity index (χ1n) is 10.6. The molecule has 0 aliphatic carbocycles. The van der Waals surface area contributed by atoms with Crippen molar-refractivity contribution in [3.05, 3.63) is 81.5 Å². The molecule has 0 spiro atoms. The number of pyridine rings is 1. The van der Waals surface area contributed by atoms with Crippen molar-refractivity contribution >= 4 is 29.2 Å². The van der Waals surface area contributed by atoms with Crippen molar-refractivity contribution in [3.8, 4) is 17.0 Å². The van der Waals surface area contributed by atoms with Crippen molar-refractivity contribution in [3.63, 3.8) is 0 Å². The number of aromatic nitrogens is 1. The first kappa shape index (κ1) is 22.6. The molecular formula is C25H24Cl2N2O3. The Bertz CT molecular complexity index is 1120. The van der Waals surface area contributed by atoms with E-state index in [4.69, 9.17) is 32.7 Å². The van der Waals surface area contributed by atoms with Gasteiger partial charge in [-0.2, -0.15) is 0 Å². The summed E-state index contributed by atoms with van der Waals surface area (Å²) >= 11 is 13.0. The standard InChI is InChI=1S/C25H24Cl2N2O3/c1-2-31-24(30)15-29-13-12-22-17(14-29)10-11-23(28-22)32-16-18-6-5-8-20(25(18)27)19-7-3-4-9-21(19)26/h3-11H,2,12-16H2,1H3. The van der Waals surface area contributed by atoms with Crippen LogP contribution in [0, 0.1) is 0 Å². The van der Waals surface area contributed by atoms with E-state index in [1.165, 1.54) is 0 Å². The molecule has 0 N–H and O–H groups in total. The normalized spacial score (nSPS) is 13.5. The van der Waals surface area contributed by atoms with Gasteiger partial charge in [0.2, 0.25) is 5.88 Å². The smallest absolute Gasteiger partial charge is 0.320 e. The van der Waals surface area contributed by atoms with E-state index in [2.05, 4.69) is 9.88 Å². The Hall–Kier alpha value is -2.60. The fourth-order valence-electron chi connectivity index (χ4n) is 3.79. The topological polar surface area (TPSA) is 51.7 Å². The third-order valence-corrected chi connectivity index (χ3v) is 6.15. The maximum atomic E-state index is 11.7. The Morgan fingerprint density at radius 2 is 1.88 bits per heavy atom. The lowest BCUT2D eigenvalue weighted by Gasteiger charge is -2.27. The summed E-state index contributed by atoms with van der Waals surface area (Å²) in [7, 11) is 0. The van der Waals surface area contributed by atoms with E-state index in [0.29, 0.717) is 42.2 Å². The summed E-state index contributed by atoms with van der Waals surface area (Å²) in [4.78, 5) is 18.5. The van der Waals surface area contributed by atoms with Crippen LogP contribution in [0.1, 0.15) is 23.7 Å². The van der Waals surface area contributed by atoms with E-state index in [1.54, 1.807) is 0 Å². The molecule has 1 aliphatic heterocycles. The molecule has 1 aliphatic rings. The Morgan fingerprint density at radius 3 is 2.69 bits per heavy atom. The molecule has 0 bridgehead atoms. The number of nitrogens with zero attached hydrogens (tertiary/aromatic N) is 2. The molecule has 3 aromatic rings. The van der Waals surface area contributed by atoms with Crippen LogP contribution < -0.4 is 4.74 Å². The van der Waals surface area contributed by atoms with Gasteiger partial charge in [-0.25, -0.2) is 4.98 Å². The average Bonchev–Trinajstić information content (AvgIpc) is 2.79. The number of rotatable bonds is 7. The number of fused-ring (bicyclic) bond motifs is 1. The van der Waals surface area contributed by atoms with Gasteiger partial charge in [-0.15, -0.1) is 0 Å². The first-order valence-corrected chi connectivity index (χ1v) is 11.3. The highest BCUT2D eigenvalue weighted by molar-refractivity contribution is 6.36. The highest BCUT2D eigenvalue weighted by Gasteiger charge is 2.20. The van der Waals surface area contributed by atoms with Crippen molar-refractivity contribution < 1.29 is 14.3 Å². The number of hydrogen-bond donors (Lipinski definition) is 0. The van der Waals surface area contributed by atoms with E-state index in [-0.39, 0.29) is 5.97 Å². The Morgan fingerprint density at radius 1 is 1.06 bits per heavy atom. The van der Waals surface area contributed by atoms with Gasteiger partial charge in [-0.3, -0.25) is 9.69 Å². The SMILES string of the molecule is CCOC(=O)CN1CCc2nc(OCc3cccc(-c4ccccc4Cl)c3Cl)ccc2C1. The molecule has 2 aromatic carbocycles. The molecule has 0 amide bonds. The number of hydrogen-bond acceptors (Lipinski definition) is 5. The van der Waals surface area contributed by atoms with E-state index in [1.807, 2.05) is 61.5 Å². The largest absolute Gasteiger partial charge is 0.473 e. The van der Waals surface area contributed by atoms with E-state index in [0.717, 1.165) is 40.9 Å². The molecule has 0 fully saturated rings. The number of halogens is 2. The zero-order chi connectivity index (χ0) is 22.5. The van der Waals surface area contributed by atoms with Crippen LogP contribution >= 0.6 is 23.2 Å². The molecule has 1 aromatic heterocycles. The van der Waals surface area contributed by atoms with Gasteiger partial charge < -0.3 is 9.47 Å². The van der Waals surface area contributed by atoms with Crippen LogP contribution in [0.5, 0.6) is 5.88 Å². The zero-order valence-electron chi connectivity index (χ0n) is 17.8. The van der Waals surface area contributed by atoms with Crippen molar-refractivity contribution in [1.82, 2.24) is 9.88 Å². The van der Waals surface area contributed by atoms with E-state index in [9.17, 15) is 4.79 Å². The van der Waals surface area contributed by atoms with Gasteiger partial charge >= 0.3 is 5.97 Å². The predicted octanol–water partition coefficient (Wildman–Crippen LogP) is 5.56. The van der Waals surface area contributed by atoms with Gasteiger partial charge in [-0.1, -0.05) is 65.7 Å². The second kappa shape index (κ2) is 10.3. The predicted molar refractivity (Wildman–Crippen MR) is 126 cm³/mol. The minimum absolute atomic E-state index is 0.195. The summed E-state index contributed by atoms with van der Waals surface area (Å²) in [5, 5.41) is 1.27. The van der Waals surface area contributed by atoms with Gasteiger partial charge in [0.25, 0.3) is 0 Å². The zero-order valence-corrected chi connectivity index (χ0v) is 19.3. The number of esters is 1. The maximum absolute atomic E-state index is 11.7. The van der Waals surface area contributed by atoms with Crippen LogP contribution in [-0.2, 0) is 29.1 Å². The summed E-state index contributed by atoms with van der Waals surface area (Å²) < 4.78 is 11.0. The van der Waals surface area contributed by atoms with E-state index >= 15 is 0 Å². The van der Waals surface area contributed by atoms with Crippen LogP contribution in [0.25, 0.3) is 11.1 Å². The van der Waals surface area contributed by atoms with Crippen molar-refractivity contribution in [2.24, 2.45) is 0 Å². The summed E-state index contributed by atoms with van der Waals surface area (Å²) in [5.41, 5.74) is 4.73. The van der Waals surface area contributed by atoms with Crippen molar-refractivity contribution in [2.45, 2.75) is 26.5 Å². The highest BCUT2D eigenvalue weighted by Crippen LogP contribution is 2.35. The van der Waals surface area contributed by atoms with Gasteiger partial charge in [0, 0.05) is 47.3 Å². The number of carbonyl (C=O) groups is 1. The summed E-state index contributed by atoms with van der Waals surface area (Å²) in [6.45, 7) is 4.25. The van der Waals surface area contributed by atoms with Crippen LogP contribution in [0.15, 0.2) is 54.6 Å². The summed E-state index contributed by atoms with van der Waals surface area (Å²) in [6, 6.07) is 17.3. The molecule has 166 valence electrons. The second-order valence-electron chi connectivity index (χ2n) is 7.57. The minimum atomic E-state index is -0.195. The molecule has 0 unspecified atom stereocenters. The quantitative estimate of drug-likeness (QED) is 0.423. The van der Waals surface area contributed by atoms with Crippen molar-refractivity contribution in [2.75, 3.05) is 19.7 Å². The monoisotopic (exact) mass is 470 g/mol. The Labute approximate surface area is 197 Å². The molecule has 2 heterocycles. The molecule has 5 nitrogen and oxygen atoms in total. The lowest BCUT2D eigenvalue weighted by atomic mass is 10.0. The van der Waals surface area contributed by atoms with Crippen LogP contribution in [0.2, 0.25) is 10.0 Å². The molecule has 7 heteroatoms. The molecule has 32 heavy (non-hydrogen) atoms. The lowest BCUT2D eigenvalue weighted by molar-refractivity contribution is -0.144. The maximum Gasteiger partial charge on any atom is 0.320 e. The number of benzene rings is 2. The second-order valence-corrected chi connectivity index (χ2v) is 8.35. The van der Waals surface area contributed by atoms with Gasteiger partial charge in [0.15, 0.2) is 0 Å². The fourth-order valence-corrected chi connectivity index (χ4v) is 4.31. The van der Waals surface area contributed by atoms with Gasteiger partial charge in [-0.05, 0) is 18.6 Å². The molecule has 0 atom stereocenters. The van der Waals surface area contributed by atoms with Crippen molar-refractivity contribution in [1.29, 1.82) is 0 Å². The van der Waals surface area contributed by atoms with Gasteiger partial charge in [0.05, 0.1) is 23.9 Å². The fraction of sp³-hybridized carbons (Fsp3) is 0.280. The van der Waals surface area contributed by atoms with Crippen LogP contribution in [-0.4, -0.2) is 35.5 Å². The number of ether oxygens (including phenoxy) is 2. The molecule has 0 saturated heterocycles. The molecule has 4 rings (SSSR count). The first-order chi connectivity index (χ1) is 15.5. The molecule has 0 radical (unpaired) electrons. The minimum Gasteiger partial charge on any atom is -0.473 e.